The molecule has 1 aromatic rings. The van der Waals surface area contributed by atoms with Crippen molar-refractivity contribution in [2.45, 2.75) is 38.8 Å². The standard InChI is InChI=1S/C15H21N3O3/c1-4-15(2)14(20)18(9-7-12(19)17-15)10-11-6-5-8-16-13(11)21-3/h5-6,8H,4,7,9-10H2,1-3H3,(H,17,19). The maximum absolute atomic E-state index is 12.7. The molecule has 0 saturated carbocycles. The van der Waals surface area contributed by atoms with Crippen molar-refractivity contribution in [2.24, 2.45) is 0 Å². The van der Waals surface area contributed by atoms with E-state index in [4.69, 9.17) is 4.74 Å². The Morgan fingerprint density at radius 1 is 1.48 bits per heavy atom. The summed E-state index contributed by atoms with van der Waals surface area (Å²) in [5.74, 6) is 0.349. The summed E-state index contributed by atoms with van der Waals surface area (Å²) in [4.78, 5) is 30.3. The van der Waals surface area contributed by atoms with E-state index in [1.807, 2.05) is 19.1 Å². The number of carbonyl (C=O) groups excluding carboxylic acids is 2. The molecule has 0 bridgehead atoms. The second-order valence-electron chi connectivity index (χ2n) is 5.38. The number of amides is 2. The number of aromatic nitrogens is 1. The van der Waals surface area contributed by atoms with Crippen LogP contribution in [0.15, 0.2) is 18.3 Å². The third-order valence-corrected chi connectivity index (χ3v) is 3.89. The van der Waals surface area contributed by atoms with Crippen LogP contribution in [-0.2, 0) is 16.1 Å². The summed E-state index contributed by atoms with van der Waals surface area (Å²) in [6.07, 6.45) is 2.51. The summed E-state index contributed by atoms with van der Waals surface area (Å²) >= 11 is 0. The molecule has 1 saturated heterocycles. The third kappa shape index (κ3) is 3.15. The van der Waals surface area contributed by atoms with E-state index in [0.717, 1.165) is 5.56 Å². The molecular formula is C15H21N3O3. The molecule has 2 amide bonds. The highest BCUT2D eigenvalue weighted by atomic mass is 16.5. The van der Waals surface area contributed by atoms with Crippen molar-refractivity contribution >= 4 is 11.8 Å². The molecule has 1 N–H and O–H groups in total. The highest BCUT2D eigenvalue weighted by Crippen LogP contribution is 2.22. The predicted octanol–water partition coefficient (Wildman–Crippen LogP) is 1.11. The van der Waals surface area contributed by atoms with E-state index in [1.54, 1.807) is 25.1 Å². The molecule has 6 nitrogen and oxygen atoms in total. The number of pyridine rings is 1. The molecule has 0 spiro atoms. The molecule has 114 valence electrons. The van der Waals surface area contributed by atoms with Gasteiger partial charge in [0.2, 0.25) is 17.7 Å². The minimum atomic E-state index is -0.844. The summed E-state index contributed by atoms with van der Waals surface area (Å²) in [5, 5.41) is 2.82. The minimum Gasteiger partial charge on any atom is -0.481 e. The Morgan fingerprint density at radius 2 is 2.24 bits per heavy atom. The largest absolute Gasteiger partial charge is 0.481 e. The van der Waals surface area contributed by atoms with Gasteiger partial charge in [0.1, 0.15) is 5.54 Å². The van der Waals surface area contributed by atoms with Gasteiger partial charge in [-0.3, -0.25) is 9.59 Å². The van der Waals surface area contributed by atoms with E-state index < -0.39 is 5.54 Å². The van der Waals surface area contributed by atoms with Gasteiger partial charge in [-0.15, -0.1) is 0 Å². The van der Waals surface area contributed by atoms with Crippen LogP contribution in [0, 0.1) is 0 Å². The molecule has 2 rings (SSSR count). The van der Waals surface area contributed by atoms with Gasteiger partial charge in [-0.25, -0.2) is 4.98 Å². The Kier molecular flexibility index (Phi) is 4.45. The number of hydrogen-bond donors (Lipinski definition) is 1. The first-order valence-electron chi connectivity index (χ1n) is 7.08. The van der Waals surface area contributed by atoms with Crippen LogP contribution in [0.4, 0.5) is 0 Å². The summed E-state index contributed by atoms with van der Waals surface area (Å²) in [5.41, 5.74) is -0.00982. The zero-order valence-corrected chi connectivity index (χ0v) is 12.7. The fourth-order valence-electron chi connectivity index (χ4n) is 2.44. The molecule has 1 atom stereocenters. The number of ether oxygens (including phenoxy) is 1. The van der Waals surface area contributed by atoms with Crippen molar-refractivity contribution in [2.75, 3.05) is 13.7 Å². The van der Waals surface area contributed by atoms with Crippen LogP contribution in [0.5, 0.6) is 5.88 Å². The van der Waals surface area contributed by atoms with Gasteiger partial charge in [0, 0.05) is 24.7 Å². The summed E-state index contributed by atoms with van der Waals surface area (Å²) < 4.78 is 5.22. The van der Waals surface area contributed by atoms with Crippen LogP contribution >= 0.6 is 0 Å². The molecule has 0 aliphatic carbocycles. The summed E-state index contributed by atoms with van der Waals surface area (Å²) in [7, 11) is 1.55. The average Bonchev–Trinajstić information content (AvgIpc) is 2.60. The van der Waals surface area contributed by atoms with Crippen molar-refractivity contribution < 1.29 is 14.3 Å². The number of carbonyl (C=O) groups is 2. The number of methoxy groups -OCH3 is 1. The van der Waals surface area contributed by atoms with Crippen molar-refractivity contribution in [3.05, 3.63) is 23.9 Å². The normalized spacial score (nSPS) is 22.7. The van der Waals surface area contributed by atoms with Crippen LogP contribution in [0.2, 0.25) is 0 Å². The topological polar surface area (TPSA) is 71.5 Å². The SMILES string of the molecule is CCC1(C)NC(=O)CCN(Cc2cccnc2OC)C1=O. The maximum atomic E-state index is 12.7. The van der Waals surface area contributed by atoms with Gasteiger partial charge in [-0.2, -0.15) is 0 Å². The Balaban J connectivity index is 2.25. The van der Waals surface area contributed by atoms with Gasteiger partial charge >= 0.3 is 0 Å². The molecule has 1 fully saturated rings. The highest BCUT2D eigenvalue weighted by Gasteiger charge is 2.39. The van der Waals surface area contributed by atoms with Gasteiger partial charge in [0.25, 0.3) is 0 Å². The lowest BCUT2D eigenvalue weighted by atomic mass is 9.97. The van der Waals surface area contributed by atoms with E-state index in [0.29, 0.717) is 31.8 Å². The monoisotopic (exact) mass is 291 g/mol. The molecule has 2 heterocycles. The number of hydrogen-bond acceptors (Lipinski definition) is 4. The van der Waals surface area contributed by atoms with E-state index in [-0.39, 0.29) is 11.8 Å². The fourth-order valence-corrected chi connectivity index (χ4v) is 2.44. The second-order valence-corrected chi connectivity index (χ2v) is 5.38. The van der Waals surface area contributed by atoms with E-state index in [9.17, 15) is 9.59 Å². The summed E-state index contributed by atoms with van der Waals surface area (Å²) in [6.45, 7) is 4.46. The molecule has 0 radical (unpaired) electrons. The lowest BCUT2D eigenvalue weighted by Gasteiger charge is -2.31. The third-order valence-electron chi connectivity index (χ3n) is 3.89. The molecule has 1 aliphatic heterocycles. The smallest absolute Gasteiger partial charge is 0.248 e. The predicted molar refractivity (Wildman–Crippen MR) is 77.7 cm³/mol. The lowest BCUT2D eigenvalue weighted by molar-refractivity contribution is -0.138. The first kappa shape index (κ1) is 15.3. The van der Waals surface area contributed by atoms with Crippen LogP contribution in [0.3, 0.4) is 0 Å². The van der Waals surface area contributed by atoms with Crippen LogP contribution in [0.25, 0.3) is 0 Å². The number of nitrogens with zero attached hydrogens (tertiary/aromatic N) is 2. The fraction of sp³-hybridized carbons (Fsp3) is 0.533. The van der Waals surface area contributed by atoms with E-state index in [2.05, 4.69) is 10.3 Å². The van der Waals surface area contributed by atoms with Crippen molar-refractivity contribution in [1.82, 2.24) is 15.2 Å². The van der Waals surface area contributed by atoms with Crippen molar-refractivity contribution in [1.29, 1.82) is 0 Å². The molecule has 1 aliphatic rings. The van der Waals surface area contributed by atoms with Crippen molar-refractivity contribution in [3.8, 4) is 5.88 Å². The Labute approximate surface area is 124 Å². The summed E-state index contributed by atoms with van der Waals surface area (Å²) in [6, 6.07) is 3.69. The molecular weight excluding hydrogens is 270 g/mol. The van der Waals surface area contributed by atoms with Crippen LogP contribution in [0.1, 0.15) is 32.3 Å². The molecule has 21 heavy (non-hydrogen) atoms. The maximum Gasteiger partial charge on any atom is 0.248 e. The van der Waals surface area contributed by atoms with Gasteiger partial charge in [-0.05, 0) is 19.4 Å². The lowest BCUT2D eigenvalue weighted by Crippen LogP contribution is -2.54. The Bertz CT molecular complexity index is 547. The molecule has 1 unspecified atom stereocenters. The van der Waals surface area contributed by atoms with Gasteiger partial charge in [0.05, 0.1) is 13.7 Å². The first-order valence-corrected chi connectivity index (χ1v) is 7.08. The Hall–Kier alpha value is -2.11. The van der Waals surface area contributed by atoms with E-state index in [1.165, 1.54) is 0 Å². The zero-order chi connectivity index (χ0) is 15.5. The highest BCUT2D eigenvalue weighted by molar-refractivity contribution is 5.93. The zero-order valence-electron chi connectivity index (χ0n) is 12.7. The van der Waals surface area contributed by atoms with Crippen LogP contribution in [-0.4, -0.2) is 40.9 Å². The van der Waals surface area contributed by atoms with Gasteiger partial charge in [0.15, 0.2) is 0 Å². The quantitative estimate of drug-likeness (QED) is 0.902. The molecule has 6 heteroatoms. The van der Waals surface area contributed by atoms with Gasteiger partial charge < -0.3 is 15.0 Å². The minimum absolute atomic E-state index is 0.0678. The second kappa shape index (κ2) is 6.11. The average molecular weight is 291 g/mol. The van der Waals surface area contributed by atoms with Crippen LogP contribution < -0.4 is 10.1 Å². The molecule has 1 aromatic heterocycles. The van der Waals surface area contributed by atoms with E-state index >= 15 is 0 Å². The first-order chi connectivity index (χ1) is 10.00. The molecule has 0 aromatic carbocycles. The number of rotatable bonds is 4. The Morgan fingerprint density at radius 3 is 2.90 bits per heavy atom. The number of nitrogens with one attached hydrogen (secondary N) is 1. The van der Waals surface area contributed by atoms with Gasteiger partial charge in [-0.1, -0.05) is 13.0 Å². The van der Waals surface area contributed by atoms with Crippen molar-refractivity contribution in [3.63, 3.8) is 0 Å².